The molecule has 2 saturated heterocycles. The highest BCUT2D eigenvalue weighted by Crippen LogP contribution is 2.27. The van der Waals surface area contributed by atoms with Crippen LogP contribution in [0.5, 0.6) is 0 Å². The molecule has 2 fully saturated rings. The molecule has 0 aromatic rings. The van der Waals surface area contributed by atoms with Gasteiger partial charge in [-0.3, -0.25) is 9.59 Å². The lowest BCUT2D eigenvalue weighted by molar-refractivity contribution is -0.140. The SMILES string of the molecule is CC(=O)N1CCCC(C(=O)N2CCC(C)(C)S(=O)(=O)CC2)C1. The molecule has 0 N–H and O–H groups in total. The van der Waals surface area contributed by atoms with Crippen molar-refractivity contribution >= 4 is 21.7 Å². The van der Waals surface area contributed by atoms with Gasteiger partial charge in [-0.2, -0.15) is 0 Å². The van der Waals surface area contributed by atoms with Crippen molar-refractivity contribution in [2.75, 3.05) is 31.9 Å². The van der Waals surface area contributed by atoms with Gasteiger partial charge in [-0.15, -0.1) is 0 Å². The largest absolute Gasteiger partial charge is 0.342 e. The lowest BCUT2D eigenvalue weighted by Crippen LogP contribution is -2.46. The smallest absolute Gasteiger partial charge is 0.227 e. The first-order valence-electron chi connectivity index (χ1n) is 7.91. The highest BCUT2D eigenvalue weighted by Gasteiger charge is 2.39. The first-order valence-corrected chi connectivity index (χ1v) is 9.56. The zero-order valence-corrected chi connectivity index (χ0v) is 14.5. The summed E-state index contributed by atoms with van der Waals surface area (Å²) in [6, 6.07) is 0. The van der Waals surface area contributed by atoms with Gasteiger partial charge in [-0.25, -0.2) is 8.42 Å². The third-order valence-electron chi connectivity index (χ3n) is 4.98. The zero-order valence-electron chi connectivity index (χ0n) is 13.7. The molecule has 126 valence electrons. The Balaban J connectivity index is 2.05. The zero-order chi connectivity index (χ0) is 16.5. The van der Waals surface area contributed by atoms with Gasteiger partial charge in [0.05, 0.1) is 16.4 Å². The fraction of sp³-hybridized carbons (Fsp3) is 0.867. The van der Waals surface area contributed by atoms with Gasteiger partial charge in [0.2, 0.25) is 11.8 Å². The first kappa shape index (κ1) is 17.2. The second kappa shape index (κ2) is 6.18. The molecule has 7 heteroatoms. The minimum Gasteiger partial charge on any atom is -0.342 e. The van der Waals surface area contributed by atoms with Gasteiger partial charge < -0.3 is 9.80 Å². The molecule has 0 bridgehead atoms. The second-order valence-electron chi connectivity index (χ2n) is 6.96. The Hall–Kier alpha value is -1.11. The van der Waals surface area contributed by atoms with Crippen LogP contribution in [0.25, 0.3) is 0 Å². The molecule has 2 heterocycles. The summed E-state index contributed by atoms with van der Waals surface area (Å²) in [7, 11) is -3.18. The molecule has 2 aliphatic heterocycles. The summed E-state index contributed by atoms with van der Waals surface area (Å²) < 4.78 is 23.7. The maximum Gasteiger partial charge on any atom is 0.227 e. The first-order chi connectivity index (χ1) is 10.1. The van der Waals surface area contributed by atoms with Gasteiger partial charge in [0.1, 0.15) is 0 Å². The fourth-order valence-corrected chi connectivity index (χ4v) is 4.54. The van der Waals surface area contributed by atoms with E-state index in [1.807, 2.05) is 0 Å². The minimum atomic E-state index is -3.18. The van der Waals surface area contributed by atoms with E-state index in [1.165, 1.54) is 6.92 Å². The number of carbonyl (C=O) groups is 2. The van der Waals surface area contributed by atoms with E-state index in [9.17, 15) is 18.0 Å². The number of likely N-dealkylation sites (tertiary alicyclic amines) is 1. The van der Waals surface area contributed by atoms with E-state index >= 15 is 0 Å². The quantitative estimate of drug-likeness (QED) is 0.708. The highest BCUT2D eigenvalue weighted by atomic mass is 32.2. The van der Waals surface area contributed by atoms with Gasteiger partial charge in [-0.1, -0.05) is 0 Å². The number of sulfone groups is 1. The van der Waals surface area contributed by atoms with Crippen molar-refractivity contribution in [2.45, 2.75) is 44.8 Å². The van der Waals surface area contributed by atoms with Gasteiger partial charge in [0.15, 0.2) is 9.84 Å². The van der Waals surface area contributed by atoms with Crippen LogP contribution >= 0.6 is 0 Å². The van der Waals surface area contributed by atoms with Gasteiger partial charge in [-0.05, 0) is 33.1 Å². The van der Waals surface area contributed by atoms with Crippen molar-refractivity contribution < 1.29 is 18.0 Å². The normalized spacial score (nSPS) is 28.0. The van der Waals surface area contributed by atoms with E-state index in [4.69, 9.17) is 0 Å². The van der Waals surface area contributed by atoms with E-state index in [-0.39, 0.29) is 30.0 Å². The minimum absolute atomic E-state index is 0.00106. The molecule has 2 amide bonds. The molecule has 0 aliphatic carbocycles. The predicted molar refractivity (Wildman–Crippen MR) is 84.0 cm³/mol. The number of carbonyl (C=O) groups excluding carboxylic acids is 2. The third kappa shape index (κ3) is 3.45. The molecule has 0 spiro atoms. The second-order valence-corrected chi connectivity index (χ2v) is 9.70. The van der Waals surface area contributed by atoms with Crippen molar-refractivity contribution in [1.29, 1.82) is 0 Å². The Morgan fingerprint density at radius 2 is 1.77 bits per heavy atom. The monoisotopic (exact) mass is 330 g/mol. The summed E-state index contributed by atoms with van der Waals surface area (Å²) in [4.78, 5) is 27.6. The summed E-state index contributed by atoms with van der Waals surface area (Å²) >= 11 is 0. The van der Waals surface area contributed by atoms with Crippen molar-refractivity contribution in [2.24, 2.45) is 5.92 Å². The van der Waals surface area contributed by atoms with E-state index in [2.05, 4.69) is 0 Å². The van der Waals surface area contributed by atoms with Crippen molar-refractivity contribution in [3.63, 3.8) is 0 Å². The molecule has 1 unspecified atom stereocenters. The van der Waals surface area contributed by atoms with Crippen molar-refractivity contribution in [3.8, 4) is 0 Å². The molecule has 2 rings (SSSR count). The maximum atomic E-state index is 12.7. The average Bonchev–Trinajstić information content (AvgIpc) is 2.56. The number of nitrogens with zero attached hydrogens (tertiary/aromatic N) is 2. The van der Waals surface area contributed by atoms with Crippen LogP contribution in [0.4, 0.5) is 0 Å². The van der Waals surface area contributed by atoms with Crippen LogP contribution in [-0.2, 0) is 19.4 Å². The number of rotatable bonds is 1. The molecule has 0 aromatic carbocycles. The van der Waals surface area contributed by atoms with E-state index < -0.39 is 14.6 Å². The Morgan fingerprint density at radius 3 is 2.41 bits per heavy atom. The third-order valence-corrected chi connectivity index (χ3v) is 7.59. The molecule has 0 saturated carbocycles. The molecule has 2 aliphatic rings. The average molecular weight is 330 g/mol. The number of hydrogen-bond acceptors (Lipinski definition) is 4. The Kier molecular flexibility index (Phi) is 4.84. The summed E-state index contributed by atoms with van der Waals surface area (Å²) in [5.41, 5.74) is 0. The van der Waals surface area contributed by atoms with E-state index in [0.29, 0.717) is 26.1 Å². The number of amides is 2. The fourth-order valence-electron chi connectivity index (χ4n) is 3.12. The van der Waals surface area contributed by atoms with Crippen LogP contribution in [0, 0.1) is 5.92 Å². The van der Waals surface area contributed by atoms with Crippen LogP contribution in [0.2, 0.25) is 0 Å². The van der Waals surface area contributed by atoms with Gasteiger partial charge in [0.25, 0.3) is 0 Å². The molecule has 6 nitrogen and oxygen atoms in total. The Bertz CT molecular complexity index is 556. The van der Waals surface area contributed by atoms with E-state index in [1.54, 1.807) is 23.6 Å². The Morgan fingerprint density at radius 1 is 1.09 bits per heavy atom. The summed E-state index contributed by atoms with van der Waals surface area (Å²) in [5, 5.41) is 0. The topological polar surface area (TPSA) is 74.8 Å². The molecule has 0 radical (unpaired) electrons. The lowest BCUT2D eigenvalue weighted by Gasteiger charge is -2.34. The summed E-state index contributed by atoms with van der Waals surface area (Å²) in [5.74, 6) is -0.174. The maximum absolute atomic E-state index is 12.7. The number of hydrogen-bond donors (Lipinski definition) is 0. The lowest BCUT2D eigenvalue weighted by atomic mass is 9.96. The highest BCUT2D eigenvalue weighted by molar-refractivity contribution is 7.92. The summed E-state index contributed by atoms with van der Waals surface area (Å²) in [6.45, 7) is 6.89. The van der Waals surface area contributed by atoms with Crippen LogP contribution in [0.15, 0.2) is 0 Å². The molecule has 0 aromatic heterocycles. The summed E-state index contributed by atoms with van der Waals surface area (Å²) in [6.07, 6.45) is 2.06. The van der Waals surface area contributed by atoms with Gasteiger partial charge >= 0.3 is 0 Å². The van der Waals surface area contributed by atoms with Crippen LogP contribution in [-0.4, -0.2) is 66.7 Å². The van der Waals surface area contributed by atoms with E-state index in [0.717, 1.165) is 12.8 Å². The number of piperidine rings is 1. The molecule has 1 atom stereocenters. The molecular formula is C15H26N2O4S. The molecule has 22 heavy (non-hydrogen) atoms. The van der Waals surface area contributed by atoms with Crippen LogP contribution in [0.3, 0.4) is 0 Å². The standard InChI is InChI=1S/C15H26N2O4S/c1-12(18)17-7-4-5-13(11-17)14(19)16-8-6-15(2,3)22(20,21)10-9-16/h13H,4-11H2,1-3H3. The van der Waals surface area contributed by atoms with Crippen LogP contribution in [0.1, 0.15) is 40.0 Å². The molecular weight excluding hydrogens is 304 g/mol. The van der Waals surface area contributed by atoms with Crippen LogP contribution < -0.4 is 0 Å². The van der Waals surface area contributed by atoms with Crippen molar-refractivity contribution in [1.82, 2.24) is 9.80 Å². The Labute approximate surface area is 132 Å². The van der Waals surface area contributed by atoms with Gasteiger partial charge in [0, 0.05) is 33.1 Å². The van der Waals surface area contributed by atoms with Crippen molar-refractivity contribution in [3.05, 3.63) is 0 Å². The predicted octanol–water partition coefficient (Wildman–Crippen LogP) is 0.671.